The summed E-state index contributed by atoms with van der Waals surface area (Å²) in [5, 5.41) is 0.484. The molecule has 2 nitrogen and oxygen atoms in total. The third-order valence-corrected chi connectivity index (χ3v) is 5.07. The first-order valence-corrected chi connectivity index (χ1v) is 7.01. The van der Waals surface area contributed by atoms with Crippen LogP contribution in [0.3, 0.4) is 0 Å². The van der Waals surface area contributed by atoms with Gasteiger partial charge in [0.1, 0.15) is 0 Å². The predicted octanol–water partition coefficient (Wildman–Crippen LogP) is 2.59. The van der Waals surface area contributed by atoms with E-state index in [9.17, 15) is 4.79 Å². The number of fused-ring (bicyclic) bond motifs is 1. The number of amides is 1. The molecule has 0 aromatic carbocycles. The van der Waals surface area contributed by atoms with Crippen LogP contribution in [0, 0.1) is 17.8 Å². The smallest absolute Gasteiger partial charge is 0.227 e. The van der Waals surface area contributed by atoms with E-state index < -0.39 is 0 Å². The van der Waals surface area contributed by atoms with Crippen molar-refractivity contribution in [1.82, 2.24) is 4.90 Å². The highest BCUT2D eigenvalue weighted by Crippen LogP contribution is 2.44. The Morgan fingerprint density at radius 2 is 1.93 bits per heavy atom. The van der Waals surface area contributed by atoms with Crippen LogP contribution in [0.4, 0.5) is 0 Å². The summed E-state index contributed by atoms with van der Waals surface area (Å²) < 4.78 is 0. The van der Waals surface area contributed by atoms with Crippen molar-refractivity contribution < 1.29 is 4.79 Å². The van der Waals surface area contributed by atoms with Gasteiger partial charge in [0.15, 0.2) is 0 Å². The molecule has 0 saturated carbocycles. The van der Waals surface area contributed by atoms with Crippen LogP contribution in [-0.4, -0.2) is 28.0 Å². The number of hydrogen-bond donors (Lipinski definition) is 0. The zero-order valence-corrected chi connectivity index (χ0v) is 10.9. The van der Waals surface area contributed by atoms with Crippen LogP contribution in [0.5, 0.6) is 0 Å². The minimum Gasteiger partial charge on any atom is -0.326 e. The van der Waals surface area contributed by atoms with Crippen molar-refractivity contribution in [3.8, 4) is 0 Å². The molecule has 2 saturated heterocycles. The van der Waals surface area contributed by atoms with Gasteiger partial charge >= 0.3 is 0 Å². The van der Waals surface area contributed by atoms with E-state index in [1.807, 2.05) is 11.8 Å². The van der Waals surface area contributed by atoms with Crippen LogP contribution < -0.4 is 0 Å². The van der Waals surface area contributed by atoms with Gasteiger partial charge in [-0.15, -0.1) is 11.8 Å². The summed E-state index contributed by atoms with van der Waals surface area (Å²) >= 11 is 1.98. The Labute approximate surface area is 96.8 Å². The largest absolute Gasteiger partial charge is 0.326 e. The van der Waals surface area contributed by atoms with E-state index in [4.69, 9.17) is 0 Å². The highest BCUT2D eigenvalue weighted by molar-refractivity contribution is 8.00. The van der Waals surface area contributed by atoms with Gasteiger partial charge in [0.05, 0.1) is 5.37 Å². The summed E-state index contributed by atoms with van der Waals surface area (Å²) in [4.78, 5) is 14.4. The van der Waals surface area contributed by atoms with Gasteiger partial charge < -0.3 is 4.90 Å². The summed E-state index contributed by atoms with van der Waals surface area (Å²) in [6.45, 7) is 8.78. The van der Waals surface area contributed by atoms with Crippen LogP contribution in [0.2, 0.25) is 0 Å². The number of rotatable bonds is 2. The quantitative estimate of drug-likeness (QED) is 0.722. The topological polar surface area (TPSA) is 20.3 Å². The van der Waals surface area contributed by atoms with E-state index in [2.05, 4.69) is 32.6 Å². The second-order valence-corrected chi connectivity index (χ2v) is 6.64. The van der Waals surface area contributed by atoms with Crippen LogP contribution in [0.25, 0.3) is 0 Å². The van der Waals surface area contributed by atoms with Crippen LogP contribution in [0.15, 0.2) is 0 Å². The molecule has 0 bridgehead atoms. The Balaban J connectivity index is 2.14. The molecule has 0 spiro atoms. The van der Waals surface area contributed by atoms with Crippen molar-refractivity contribution in [2.45, 2.75) is 45.5 Å². The number of carbonyl (C=O) groups is 1. The third-order valence-electron chi connectivity index (χ3n) is 3.73. The maximum atomic E-state index is 12.3. The van der Waals surface area contributed by atoms with Crippen molar-refractivity contribution in [2.75, 3.05) is 5.75 Å². The fraction of sp³-hybridized carbons (Fsp3) is 0.917. The normalized spacial score (nSPS) is 35.7. The lowest BCUT2D eigenvalue weighted by Gasteiger charge is -2.27. The van der Waals surface area contributed by atoms with Crippen molar-refractivity contribution in [1.29, 1.82) is 0 Å². The highest BCUT2D eigenvalue weighted by Gasteiger charge is 2.48. The monoisotopic (exact) mass is 227 g/mol. The van der Waals surface area contributed by atoms with E-state index >= 15 is 0 Å². The SMILES string of the molecule is CC(C)[C@H]1C[C@H]2SC[C@@H](C(C)C)N2C1=O. The lowest BCUT2D eigenvalue weighted by molar-refractivity contribution is -0.134. The molecule has 15 heavy (non-hydrogen) atoms. The zero-order chi connectivity index (χ0) is 11.2. The predicted molar refractivity (Wildman–Crippen MR) is 64.7 cm³/mol. The Bertz CT molecular complexity index is 264. The molecular formula is C12H21NOS. The average Bonchev–Trinajstić information content (AvgIpc) is 2.66. The number of thioether (sulfide) groups is 1. The van der Waals surface area contributed by atoms with Crippen molar-refractivity contribution in [2.24, 2.45) is 17.8 Å². The van der Waals surface area contributed by atoms with Gasteiger partial charge in [-0.1, -0.05) is 27.7 Å². The number of hydrogen-bond acceptors (Lipinski definition) is 2. The summed E-state index contributed by atoms with van der Waals surface area (Å²) in [6.07, 6.45) is 1.07. The second-order valence-electron chi connectivity index (χ2n) is 5.43. The van der Waals surface area contributed by atoms with Crippen molar-refractivity contribution in [3.63, 3.8) is 0 Å². The fourth-order valence-electron chi connectivity index (χ4n) is 2.65. The molecule has 1 amide bonds. The minimum atomic E-state index is 0.282. The van der Waals surface area contributed by atoms with Gasteiger partial charge in [0, 0.05) is 17.7 Å². The Morgan fingerprint density at radius 1 is 1.27 bits per heavy atom. The van der Waals surface area contributed by atoms with Gasteiger partial charge in [-0.25, -0.2) is 0 Å². The van der Waals surface area contributed by atoms with Crippen LogP contribution in [-0.2, 0) is 4.79 Å². The molecule has 0 radical (unpaired) electrons. The first-order valence-electron chi connectivity index (χ1n) is 5.96. The van der Waals surface area contributed by atoms with E-state index in [1.165, 1.54) is 0 Å². The maximum absolute atomic E-state index is 12.3. The molecule has 2 aliphatic heterocycles. The Hall–Kier alpha value is -0.180. The second kappa shape index (κ2) is 4.00. The zero-order valence-electron chi connectivity index (χ0n) is 10.1. The maximum Gasteiger partial charge on any atom is 0.227 e. The third kappa shape index (κ3) is 1.79. The minimum absolute atomic E-state index is 0.282. The van der Waals surface area contributed by atoms with Gasteiger partial charge in [0.25, 0.3) is 0 Å². The van der Waals surface area contributed by atoms with Gasteiger partial charge in [0.2, 0.25) is 5.91 Å². The molecule has 0 aromatic rings. The lowest BCUT2D eigenvalue weighted by atomic mass is 9.94. The van der Waals surface area contributed by atoms with Crippen molar-refractivity contribution >= 4 is 17.7 Å². The first-order chi connectivity index (χ1) is 7.02. The van der Waals surface area contributed by atoms with Gasteiger partial charge in [-0.05, 0) is 18.3 Å². The molecule has 3 atom stereocenters. The lowest BCUT2D eigenvalue weighted by Crippen LogP contribution is -2.40. The summed E-state index contributed by atoms with van der Waals surface area (Å²) in [5.41, 5.74) is 0. The summed E-state index contributed by atoms with van der Waals surface area (Å²) in [5.74, 6) is 2.93. The fourth-order valence-corrected chi connectivity index (χ4v) is 4.38. The highest BCUT2D eigenvalue weighted by atomic mass is 32.2. The summed E-state index contributed by atoms with van der Waals surface area (Å²) in [6, 6.07) is 0.483. The molecule has 86 valence electrons. The van der Waals surface area contributed by atoms with E-state index in [0.29, 0.717) is 29.2 Å². The molecule has 2 heterocycles. The van der Waals surface area contributed by atoms with E-state index in [-0.39, 0.29) is 5.92 Å². The molecular weight excluding hydrogens is 206 g/mol. The van der Waals surface area contributed by atoms with Crippen LogP contribution in [0.1, 0.15) is 34.1 Å². The molecule has 0 aromatic heterocycles. The Morgan fingerprint density at radius 3 is 2.47 bits per heavy atom. The molecule has 2 rings (SSSR count). The molecule has 0 aliphatic carbocycles. The molecule has 3 heteroatoms. The Kier molecular flexibility index (Phi) is 3.02. The van der Waals surface area contributed by atoms with Gasteiger partial charge in [-0.3, -0.25) is 4.79 Å². The average molecular weight is 227 g/mol. The molecule has 0 N–H and O–H groups in total. The van der Waals surface area contributed by atoms with E-state index in [1.54, 1.807) is 0 Å². The standard InChI is InChI=1S/C12H21NOS/c1-7(2)9-5-11-13(12(9)14)10(6-15-11)8(3)4/h7-11H,5-6H2,1-4H3/t9-,10+,11-/m1/s1. The molecule has 0 unspecified atom stereocenters. The number of carbonyl (C=O) groups excluding carboxylic acids is 1. The number of nitrogens with zero attached hydrogens (tertiary/aromatic N) is 1. The van der Waals surface area contributed by atoms with Gasteiger partial charge in [-0.2, -0.15) is 0 Å². The summed E-state index contributed by atoms with van der Waals surface area (Å²) in [7, 11) is 0. The molecule has 2 fully saturated rings. The van der Waals surface area contributed by atoms with Crippen LogP contribution >= 0.6 is 11.8 Å². The molecule has 2 aliphatic rings. The first kappa shape index (κ1) is 11.3. The van der Waals surface area contributed by atoms with Crippen molar-refractivity contribution in [3.05, 3.63) is 0 Å². The van der Waals surface area contributed by atoms with E-state index in [0.717, 1.165) is 12.2 Å².